The Labute approximate surface area is 91.6 Å². The second-order valence-electron chi connectivity index (χ2n) is 4.39. The van der Waals surface area contributed by atoms with Crippen LogP contribution in [0.4, 0.5) is 0 Å². The SMILES string of the molecule is COc1cc(C)cc(C)c1C1CCNC1. The molecule has 0 aromatic heterocycles. The maximum absolute atomic E-state index is 5.49. The molecule has 0 bridgehead atoms. The summed E-state index contributed by atoms with van der Waals surface area (Å²) >= 11 is 0. The van der Waals surface area contributed by atoms with E-state index in [4.69, 9.17) is 4.74 Å². The average Bonchev–Trinajstić information content (AvgIpc) is 2.69. The number of rotatable bonds is 2. The first-order valence-electron chi connectivity index (χ1n) is 5.58. The predicted molar refractivity (Wildman–Crippen MR) is 62.7 cm³/mol. The summed E-state index contributed by atoms with van der Waals surface area (Å²) in [6, 6.07) is 4.39. The lowest BCUT2D eigenvalue weighted by Crippen LogP contribution is -2.10. The fraction of sp³-hybridized carbons (Fsp3) is 0.538. The van der Waals surface area contributed by atoms with Crippen LogP contribution in [0.1, 0.15) is 29.0 Å². The van der Waals surface area contributed by atoms with Crippen LogP contribution in [0.15, 0.2) is 12.1 Å². The van der Waals surface area contributed by atoms with E-state index < -0.39 is 0 Å². The van der Waals surface area contributed by atoms with Crippen molar-refractivity contribution < 1.29 is 4.74 Å². The molecule has 0 amide bonds. The minimum Gasteiger partial charge on any atom is -0.496 e. The van der Waals surface area contributed by atoms with E-state index in [2.05, 4.69) is 31.3 Å². The Bertz CT molecular complexity index is 354. The van der Waals surface area contributed by atoms with Gasteiger partial charge in [-0.3, -0.25) is 0 Å². The molecule has 15 heavy (non-hydrogen) atoms. The fourth-order valence-electron chi connectivity index (χ4n) is 2.53. The van der Waals surface area contributed by atoms with Crippen LogP contribution in [0.25, 0.3) is 0 Å². The van der Waals surface area contributed by atoms with Gasteiger partial charge in [0.25, 0.3) is 0 Å². The van der Waals surface area contributed by atoms with Gasteiger partial charge in [0.05, 0.1) is 7.11 Å². The van der Waals surface area contributed by atoms with Gasteiger partial charge >= 0.3 is 0 Å². The van der Waals surface area contributed by atoms with Crippen molar-refractivity contribution in [2.75, 3.05) is 20.2 Å². The largest absolute Gasteiger partial charge is 0.496 e. The maximum Gasteiger partial charge on any atom is 0.122 e. The lowest BCUT2D eigenvalue weighted by atomic mass is 9.92. The fourth-order valence-corrected chi connectivity index (χ4v) is 2.53. The van der Waals surface area contributed by atoms with Crippen molar-refractivity contribution in [2.45, 2.75) is 26.2 Å². The van der Waals surface area contributed by atoms with Crippen molar-refractivity contribution in [3.05, 3.63) is 28.8 Å². The Hall–Kier alpha value is -1.02. The van der Waals surface area contributed by atoms with E-state index in [-0.39, 0.29) is 0 Å². The van der Waals surface area contributed by atoms with Gasteiger partial charge in [-0.25, -0.2) is 0 Å². The highest BCUT2D eigenvalue weighted by Crippen LogP contribution is 2.34. The molecular weight excluding hydrogens is 186 g/mol. The molecule has 0 spiro atoms. The molecule has 2 heteroatoms. The molecule has 82 valence electrons. The minimum absolute atomic E-state index is 0.626. The number of benzene rings is 1. The third-order valence-corrected chi connectivity index (χ3v) is 3.18. The Morgan fingerprint density at radius 2 is 2.13 bits per heavy atom. The van der Waals surface area contributed by atoms with E-state index in [0.29, 0.717) is 5.92 Å². The monoisotopic (exact) mass is 205 g/mol. The van der Waals surface area contributed by atoms with Crippen molar-refractivity contribution in [2.24, 2.45) is 0 Å². The molecule has 2 nitrogen and oxygen atoms in total. The van der Waals surface area contributed by atoms with Gasteiger partial charge in [-0.1, -0.05) is 6.07 Å². The van der Waals surface area contributed by atoms with Crippen molar-refractivity contribution in [1.82, 2.24) is 5.32 Å². The maximum atomic E-state index is 5.49. The summed E-state index contributed by atoms with van der Waals surface area (Å²) in [4.78, 5) is 0. The van der Waals surface area contributed by atoms with E-state index in [0.717, 1.165) is 18.8 Å². The molecule has 1 saturated heterocycles. The number of nitrogens with one attached hydrogen (secondary N) is 1. The number of hydrogen-bond acceptors (Lipinski definition) is 2. The first-order valence-corrected chi connectivity index (χ1v) is 5.58. The van der Waals surface area contributed by atoms with Crippen LogP contribution in [0.3, 0.4) is 0 Å². The van der Waals surface area contributed by atoms with E-state index in [1.807, 2.05) is 0 Å². The molecule has 1 unspecified atom stereocenters. The predicted octanol–water partition coefficient (Wildman–Crippen LogP) is 2.39. The molecule has 1 heterocycles. The van der Waals surface area contributed by atoms with Crippen LogP contribution >= 0.6 is 0 Å². The zero-order chi connectivity index (χ0) is 10.8. The van der Waals surface area contributed by atoms with Crippen LogP contribution in [0.2, 0.25) is 0 Å². The van der Waals surface area contributed by atoms with Crippen LogP contribution in [0.5, 0.6) is 5.75 Å². The van der Waals surface area contributed by atoms with E-state index in [1.165, 1.54) is 23.1 Å². The van der Waals surface area contributed by atoms with Gasteiger partial charge in [0.15, 0.2) is 0 Å². The van der Waals surface area contributed by atoms with Gasteiger partial charge in [-0.05, 0) is 44.0 Å². The highest BCUT2D eigenvalue weighted by molar-refractivity contribution is 5.45. The van der Waals surface area contributed by atoms with E-state index >= 15 is 0 Å². The molecule has 1 aromatic carbocycles. The highest BCUT2D eigenvalue weighted by atomic mass is 16.5. The van der Waals surface area contributed by atoms with Crippen molar-refractivity contribution >= 4 is 0 Å². The molecule has 0 radical (unpaired) electrons. The molecule has 1 atom stereocenters. The van der Waals surface area contributed by atoms with Crippen LogP contribution < -0.4 is 10.1 Å². The molecule has 0 aliphatic carbocycles. The number of hydrogen-bond donors (Lipinski definition) is 1. The quantitative estimate of drug-likeness (QED) is 0.800. The lowest BCUT2D eigenvalue weighted by Gasteiger charge is -2.17. The summed E-state index contributed by atoms with van der Waals surface area (Å²) in [5.41, 5.74) is 4.03. The summed E-state index contributed by atoms with van der Waals surface area (Å²) in [6.45, 7) is 6.51. The Balaban J connectivity index is 2.43. The normalized spacial score (nSPS) is 20.6. The summed E-state index contributed by atoms with van der Waals surface area (Å²) in [7, 11) is 1.76. The summed E-state index contributed by atoms with van der Waals surface area (Å²) in [5, 5.41) is 3.41. The first-order chi connectivity index (χ1) is 7.22. The summed E-state index contributed by atoms with van der Waals surface area (Å²) in [5.74, 6) is 1.68. The van der Waals surface area contributed by atoms with Crippen molar-refractivity contribution in [1.29, 1.82) is 0 Å². The zero-order valence-electron chi connectivity index (χ0n) is 9.76. The van der Waals surface area contributed by atoms with Gasteiger partial charge in [-0.15, -0.1) is 0 Å². The third-order valence-electron chi connectivity index (χ3n) is 3.18. The molecule has 2 rings (SSSR count). The highest BCUT2D eigenvalue weighted by Gasteiger charge is 2.22. The van der Waals surface area contributed by atoms with Gasteiger partial charge in [-0.2, -0.15) is 0 Å². The third kappa shape index (κ3) is 2.00. The van der Waals surface area contributed by atoms with Crippen LogP contribution in [-0.2, 0) is 0 Å². The molecule has 1 aromatic rings. The van der Waals surface area contributed by atoms with E-state index in [9.17, 15) is 0 Å². The van der Waals surface area contributed by atoms with Crippen LogP contribution in [-0.4, -0.2) is 20.2 Å². The molecule has 1 aliphatic rings. The number of aryl methyl sites for hydroxylation is 2. The standard InChI is InChI=1S/C13H19NO/c1-9-6-10(2)13(12(7-9)15-3)11-4-5-14-8-11/h6-7,11,14H,4-5,8H2,1-3H3. The first kappa shape index (κ1) is 10.5. The van der Waals surface area contributed by atoms with Gasteiger partial charge in [0.1, 0.15) is 5.75 Å². The molecule has 1 fully saturated rings. The smallest absolute Gasteiger partial charge is 0.122 e. The summed E-state index contributed by atoms with van der Waals surface area (Å²) < 4.78 is 5.49. The molecular formula is C13H19NO. The molecule has 0 saturated carbocycles. The van der Waals surface area contributed by atoms with Crippen LogP contribution in [0, 0.1) is 13.8 Å². The van der Waals surface area contributed by atoms with Crippen molar-refractivity contribution in [3.8, 4) is 5.75 Å². The lowest BCUT2D eigenvalue weighted by molar-refractivity contribution is 0.405. The Kier molecular flexibility index (Phi) is 2.96. The average molecular weight is 205 g/mol. The zero-order valence-corrected chi connectivity index (χ0v) is 9.76. The Morgan fingerprint density at radius 1 is 1.33 bits per heavy atom. The second kappa shape index (κ2) is 4.23. The second-order valence-corrected chi connectivity index (χ2v) is 4.39. The Morgan fingerprint density at radius 3 is 2.73 bits per heavy atom. The van der Waals surface area contributed by atoms with Gasteiger partial charge < -0.3 is 10.1 Å². The topological polar surface area (TPSA) is 21.3 Å². The van der Waals surface area contributed by atoms with E-state index in [1.54, 1.807) is 7.11 Å². The summed E-state index contributed by atoms with van der Waals surface area (Å²) in [6.07, 6.45) is 1.22. The molecule has 1 aliphatic heterocycles. The number of methoxy groups -OCH3 is 1. The minimum atomic E-state index is 0.626. The van der Waals surface area contributed by atoms with Gasteiger partial charge in [0, 0.05) is 18.0 Å². The van der Waals surface area contributed by atoms with Crippen molar-refractivity contribution in [3.63, 3.8) is 0 Å². The molecule has 1 N–H and O–H groups in total. The number of ether oxygens (including phenoxy) is 1. The van der Waals surface area contributed by atoms with Gasteiger partial charge in [0.2, 0.25) is 0 Å².